The number of hydrogen-bond acceptors (Lipinski definition) is 0. The molecule has 0 spiro atoms. The third-order valence-electron chi connectivity index (χ3n) is 4.43. The van der Waals surface area contributed by atoms with Crippen molar-refractivity contribution in [1.29, 1.82) is 0 Å². The maximum atomic E-state index is 13.7. The van der Waals surface area contributed by atoms with Crippen molar-refractivity contribution in [2.75, 3.05) is 26.2 Å². The van der Waals surface area contributed by atoms with Gasteiger partial charge in [-0.1, -0.05) is 30.3 Å². The van der Waals surface area contributed by atoms with Crippen LogP contribution >= 0.6 is 0 Å². The average molecular weight is 304 g/mol. The Kier molecular flexibility index (Phi) is 4.80. The number of halogens is 2. The minimum atomic E-state index is -0.182. The molecule has 1 saturated heterocycles. The molecule has 1 heterocycles. The van der Waals surface area contributed by atoms with Crippen LogP contribution in [0.4, 0.5) is 8.78 Å². The van der Waals surface area contributed by atoms with Crippen LogP contribution in [-0.2, 0) is 13.1 Å². The van der Waals surface area contributed by atoms with E-state index in [2.05, 4.69) is 0 Å². The molecule has 1 aliphatic rings. The fourth-order valence-electron chi connectivity index (χ4n) is 3.11. The molecule has 4 heteroatoms. The molecule has 2 aromatic carbocycles. The van der Waals surface area contributed by atoms with Crippen LogP contribution in [0.3, 0.4) is 0 Å². The van der Waals surface area contributed by atoms with E-state index in [9.17, 15) is 8.78 Å². The molecule has 3 rings (SSSR count). The maximum absolute atomic E-state index is 13.7. The summed E-state index contributed by atoms with van der Waals surface area (Å²) in [7, 11) is 0. The molecule has 2 nitrogen and oxygen atoms in total. The van der Waals surface area contributed by atoms with E-state index < -0.39 is 0 Å². The SMILES string of the molecule is Fc1ccc(C[NH+]2CC[NH+](Cc3ccccc3F)CC2)cc1. The Labute approximate surface area is 130 Å². The summed E-state index contributed by atoms with van der Waals surface area (Å²) in [4.78, 5) is 2.96. The van der Waals surface area contributed by atoms with Gasteiger partial charge in [-0.05, 0) is 18.2 Å². The highest BCUT2D eigenvalue weighted by Crippen LogP contribution is 2.04. The number of piperazine rings is 1. The quantitative estimate of drug-likeness (QED) is 0.812. The second-order valence-corrected chi connectivity index (χ2v) is 6.07. The van der Waals surface area contributed by atoms with Gasteiger partial charge in [0.15, 0.2) is 0 Å². The Morgan fingerprint density at radius 3 is 1.95 bits per heavy atom. The predicted molar refractivity (Wildman–Crippen MR) is 81.6 cm³/mol. The number of quaternary nitrogens is 2. The molecule has 0 unspecified atom stereocenters. The summed E-state index contributed by atoms with van der Waals surface area (Å²) in [6.07, 6.45) is 0. The van der Waals surface area contributed by atoms with Gasteiger partial charge < -0.3 is 9.80 Å². The van der Waals surface area contributed by atoms with Crippen molar-refractivity contribution < 1.29 is 18.6 Å². The van der Waals surface area contributed by atoms with Crippen LogP contribution in [0.1, 0.15) is 11.1 Å². The summed E-state index contributed by atoms with van der Waals surface area (Å²) >= 11 is 0. The van der Waals surface area contributed by atoms with Crippen LogP contribution in [0.5, 0.6) is 0 Å². The molecule has 0 bridgehead atoms. The van der Waals surface area contributed by atoms with Gasteiger partial charge in [0.1, 0.15) is 50.9 Å². The van der Waals surface area contributed by atoms with Gasteiger partial charge >= 0.3 is 0 Å². The van der Waals surface area contributed by atoms with Crippen molar-refractivity contribution >= 4 is 0 Å². The molecule has 22 heavy (non-hydrogen) atoms. The second kappa shape index (κ2) is 6.99. The molecular formula is C18H22F2N2+2. The van der Waals surface area contributed by atoms with E-state index in [4.69, 9.17) is 0 Å². The van der Waals surface area contributed by atoms with E-state index in [-0.39, 0.29) is 11.6 Å². The molecule has 0 aliphatic carbocycles. The highest BCUT2D eigenvalue weighted by atomic mass is 19.1. The van der Waals surface area contributed by atoms with Gasteiger partial charge in [0.25, 0.3) is 0 Å². The largest absolute Gasteiger partial charge is 0.322 e. The van der Waals surface area contributed by atoms with Crippen molar-refractivity contribution in [2.45, 2.75) is 13.1 Å². The lowest BCUT2D eigenvalue weighted by Gasteiger charge is -2.29. The third-order valence-corrected chi connectivity index (χ3v) is 4.43. The predicted octanol–water partition coefficient (Wildman–Crippen LogP) is 0.448. The molecule has 0 amide bonds. The molecular weight excluding hydrogens is 282 g/mol. The first kappa shape index (κ1) is 15.1. The Bertz CT molecular complexity index is 605. The van der Waals surface area contributed by atoms with Gasteiger partial charge in [-0.3, -0.25) is 0 Å². The summed E-state index contributed by atoms with van der Waals surface area (Å²) < 4.78 is 26.6. The van der Waals surface area contributed by atoms with E-state index in [1.807, 2.05) is 24.3 Å². The van der Waals surface area contributed by atoms with Crippen LogP contribution in [0, 0.1) is 11.6 Å². The second-order valence-electron chi connectivity index (χ2n) is 6.07. The number of nitrogens with one attached hydrogen (secondary N) is 2. The highest BCUT2D eigenvalue weighted by molar-refractivity contribution is 5.16. The Balaban J connectivity index is 1.50. The molecule has 0 radical (unpaired) electrons. The zero-order valence-corrected chi connectivity index (χ0v) is 12.6. The lowest BCUT2D eigenvalue weighted by atomic mass is 10.1. The third kappa shape index (κ3) is 3.90. The Morgan fingerprint density at radius 1 is 0.727 bits per heavy atom. The topological polar surface area (TPSA) is 8.88 Å². The molecule has 0 aromatic heterocycles. The van der Waals surface area contributed by atoms with E-state index in [1.54, 1.807) is 6.07 Å². The van der Waals surface area contributed by atoms with Crippen molar-refractivity contribution in [1.82, 2.24) is 0 Å². The van der Waals surface area contributed by atoms with Crippen molar-refractivity contribution in [3.05, 3.63) is 71.3 Å². The summed E-state index contributed by atoms with van der Waals surface area (Å²) in [6, 6.07) is 13.8. The van der Waals surface area contributed by atoms with Gasteiger partial charge in [0.2, 0.25) is 0 Å². The number of hydrogen-bond donors (Lipinski definition) is 2. The first-order valence-electron chi connectivity index (χ1n) is 7.86. The zero-order valence-electron chi connectivity index (χ0n) is 12.6. The summed E-state index contributed by atoms with van der Waals surface area (Å²) in [5.41, 5.74) is 1.98. The first-order chi connectivity index (χ1) is 10.7. The minimum absolute atomic E-state index is 0.101. The molecule has 1 aliphatic heterocycles. The van der Waals surface area contributed by atoms with Crippen molar-refractivity contribution in [3.63, 3.8) is 0 Å². The van der Waals surface area contributed by atoms with E-state index in [0.717, 1.165) is 44.8 Å². The summed E-state index contributed by atoms with van der Waals surface area (Å²) in [6.45, 7) is 5.93. The van der Waals surface area contributed by atoms with Gasteiger partial charge in [0.05, 0.1) is 0 Å². The van der Waals surface area contributed by atoms with Gasteiger partial charge in [-0.25, -0.2) is 8.78 Å². The molecule has 116 valence electrons. The summed E-state index contributed by atoms with van der Waals surface area (Å²) in [5, 5.41) is 0. The average Bonchev–Trinajstić information content (AvgIpc) is 2.54. The minimum Gasteiger partial charge on any atom is -0.322 e. The van der Waals surface area contributed by atoms with Crippen LogP contribution in [-0.4, -0.2) is 26.2 Å². The van der Waals surface area contributed by atoms with E-state index in [0.29, 0.717) is 0 Å². The molecule has 2 N–H and O–H groups in total. The number of benzene rings is 2. The van der Waals surface area contributed by atoms with Crippen molar-refractivity contribution in [3.8, 4) is 0 Å². The van der Waals surface area contributed by atoms with E-state index in [1.165, 1.54) is 33.6 Å². The lowest BCUT2D eigenvalue weighted by molar-refractivity contribution is -1.02. The molecule has 0 atom stereocenters. The monoisotopic (exact) mass is 304 g/mol. The molecule has 1 fully saturated rings. The fraction of sp³-hybridized carbons (Fsp3) is 0.333. The maximum Gasteiger partial charge on any atom is 0.132 e. The van der Waals surface area contributed by atoms with Crippen LogP contribution < -0.4 is 9.80 Å². The Morgan fingerprint density at radius 2 is 1.32 bits per heavy atom. The summed E-state index contributed by atoms with van der Waals surface area (Å²) in [5.74, 6) is -0.283. The highest BCUT2D eigenvalue weighted by Gasteiger charge is 2.23. The fourth-order valence-corrected chi connectivity index (χ4v) is 3.11. The molecule has 0 saturated carbocycles. The normalized spacial score (nSPS) is 21.7. The van der Waals surface area contributed by atoms with Crippen LogP contribution in [0.25, 0.3) is 0 Å². The molecule has 2 aromatic rings. The smallest absolute Gasteiger partial charge is 0.132 e. The standard InChI is InChI=1S/C18H20F2N2/c19-17-7-5-15(6-8-17)13-21-9-11-22(12-10-21)14-16-3-1-2-4-18(16)20/h1-8H,9-14H2/p+2. The van der Waals surface area contributed by atoms with Gasteiger partial charge in [-0.2, -0.15) is 0 Å². The van der Waals surface area contributed by atoms with Crippen LogP contribution in [0.2, 0.25) is 0 Å². The van der Waals surface area contributed by atoms with Gasteiger partial charge in [0, 0.05) is 11.1 Å². The van der Waals surface area contributed by atoms with Crippen LogP contribution in [0.15, 0.2) is 48.5 Å². The number of rotatable bonds is 4. The Hall–Kier alpha value is -1.78. The van der Waals surface area contributed by atoms with Crippen molar-refractivity contribution in [2.24, 2.45) is 0 Å². The zero-order chi connectivity index (χ0) is 15.4. The lowest BCUT2D eigenvalue weighted by Crippen LogP contribution is -3.27. The van der Waals surface area contributed by atoms with Gasteiger partial charge in [-0.15, -0.1) is 0 Å². The first-order valence-corrected chi connectivity index (χ1v) is 7.86. The van der Waals surface area contributed by atoms with E-state index >= 15 is 0 Å².